The van der Waals surface area contributed by atoms with Crippen molar-refractivity contribution in [2.75, 3.05) is 0 Å². The normalized spacial score (nSPS) is 15.0. The van der Waals surface area contributed by atoms with Gasteiger partial charge in [-0.25, -0.2) is 28.4 Å². The second kappa shape index (κ2) is 6.40. The molecule has 8 heteroatoms. The Morgan fingerprint density at radius 3 is 2.50 bits per heavy atom. The molecule has 2 atom stereocenters. The van der Waals surface area contributed by atoms with Crippen molar-refractivity contribution in [2.45, 2.75) is 25.0 Å². The number of aromatic nitrogens is 5. The molecule has 1 aromatic carbocycles. The molecule has 1 N–H and O–H groups in total. The van der Waals surface area contributed by atoms with E-state index in [1.165, 1.54) is 23.7 Å². The van der Waals surface area contributed by atoms with Gasteiger partial charge in [0, 0.05) is 23.9 Å². The second-order valence-corrected chi connectivity index (χ2v) is 5.53. The third kappa shape index (κ3) is 3.13. The Morgan fingerprint density at radius 1 is 1.17 bits per heavy atom. The first-order chi connectivity index (χ1) is 11.5. The van der Waals surface area contributed by atoms with Crippen LogP contribution in [0.15, 0.2) is 49.4 Å². The summed E-state index contributed by atoms with van der Waals surface area (Å²) in [6.45, 7) is 1.68. The number of nitrogens with zero attached hydrogens (tertiary/aromatic N) is 5. The van der Waals surface area contributed by atoms with E-state index in [0.29, 0.717) is 5.69 Å². The molecule has 2 unspecified atom stereocenters. The highest BCUT2D eigenvalue weighted by molar-refractivity contribution is 5.29. The quantitative estimate of drug-likeness (QED) is 0.774. The molecule has 0 saturated heterocycles. The van der Waals surface area contributed by atoms with Gasteiger partial charge in [-0.05, 0) is 23.8 Å². The highest BCUT2D eigenvalue weighted by Gasteiger charge is 2.39. The van der Waals surface area contributed by atoms with Crippen molar-refractivity contribution in [3.63, 3.8) is 0 Å². The van der Waals surface area contributed by atoms with Crippen molar-refractivity contribution >= 4 is 0 Å². The number of aliphatic hydroxyl groups is 1. The Hall–Kier alpha value is -2.74. The summed E-state index contributed by atoms with van der Waals surface area (Å²) in [4.78, 5) is 11.8. The average molecular weight is 331 g/mol. The molecular weight excluding hydrogens is 316 g/mol. The van der Waals surface area contributed by atoms with E-state index in [2.05, 4.69) is 20.1 Å². The molecule has 0 fully saturated rings. The monoisotopic (exact) mass is 331 g/mol. The fourth-order valence-corrected chi connectivity index (χ4v) is 2.65. The molecule has 0 aliphatic rings. The van der Waals surface area contributed by atoms with Crippen LogP contribution < -0.4 is 0 Å². The lowest BCUT2D eigenvalue weighted by atomic mass is 9.80. The lowest BCUT2D eigenvalue weighted by Gasteiger charge is -2.34. The summed E-state index contributed by atoms with van der Waals surface area (Å²) in [5, 5.41) is 15.3. The van der Waals surface area contributed by atoms with Gasteiger partial charge in [-0.1, -0.05) is 6.92 Å². The Bertz CT molecular complexity index is 792. The zero-order valence-electron chi connectivity index (χ0n) is 12.8. The Labute approximate surface area is 136 Å². The molecule has 0 aliphatic carbocycles. The molecule has 3 aromatic rings. The van der Waals surface area contributed by atoms with Crippen molar-refractivity contribution in [1.82, 2.24) is 24.7 Å². The maximum Gasteiger partial charge on any atom is 0.137 e. The predicted molar refractivity (Wildman–Crippen MR) is 80.7 cm³/mol. The topological polar surface area (TPSA) is 76.7 Å². The van der Waals surface area contributed by atoms with E-state index in [0.717, 1.165) is 18.2 Å². The lowest BCUT2D eigenvalue weighted by molar-refractivity contribution is -0.00969. The zero-order chi connectivity index (χ0) is 17.2. The lowest BCUT2D eigenvalue weighted by Crippen LogP contribution is -2.37. The van der Waals surface area contributed by atoms with Gasteiger partial charge in [0.25, 0.3) is 0 Å². The molecule has 2 heterocycles. The van der Waals surface area contributed by atoms with Gasteiger partial charge >= 0.3 is 0 Å². The van der Waals surface area contributed by atoms with Gasteiger partial charge in [0.15, 0.2) is 0 Å². The molecule has 0 radical (unpaired) electrons. The Balaban J connectivity index is 2.09. The molecule has 0 bridgehead atoms. The van der Waals surface area contributed by atoms with Gasteiger partial charge < -0.3 is 5.11 Å². The Kier molecular flexibility index (Phi) is 4.30. The van der Waals surface area contributed by atoms with E-state index in [1.807, 2.05) is 0 Å². The summed E-state index contributed by atoms with van der Waals surface area (Å²) in [5.74, 6) is -2.11. The van der Waals surface area contributed by atoms with Crippen LogP contribution in [0.2, 0.25) is 0 Å². The van der Waals surface area contributed by atoms with Crippen LogP contribution >= 0.6 is 0 Å². The predicted octanol–water partition coefficient (Wildman–Crippen LogP) is 2.04. The maximum absolute atomic E-state index is 13.7. The summed E-state index contributed by atoms with van der Waals surface area (Å²) < 4.78 is 28.8. The second-order valence-electron chi connectivity index (χ2n) is 5.53. The maximum atomic E-state index is 13.7. The molecule has 3 rings (SSSR count). The molecule has 0 spiro atoms. The Morgan fingerprint density at radius 2 is 1.92 bits per heavy atom. The van der Waals surface area contributed by atoms with Gasteiger partial charge in [-0.3, -0.25) is 0 Å². The molecule has 6 nitrogen and oxygen atoms in total. The highest BCUT2D eigenvalue weighted by atomic mass is 19.1. The van der Waals surface area contributed by atoms with Gasteiger partial charge in [0.1, 0.15) is 36.2 Å². The fourth-order valence-electron chi connectivity index (χ4n) is 2.65. The van der Waals surface area contributed by atoms with Crippen molar-refractivity contribution < 1.29 is 13.9 Å². The highest BCUT2D eigenvalue weighted by Crippen LogP contribution is 2.37. The van der Waals surface area contributed by atoms with Crippen LogP contribution in [0.3, 0.4) is 0 Å². The van der Waals surface area contributed by atoms with Gasteiger partial charge in [-0.2, -0.15) is 5.10 Å². The van der Waals surface area contributed by atoms with Gasteiger partial charge in [-0.15, -0.1) is 0 Å². The average Bonchev–Trinajstić information content (AvgIpc) is 3.06. The van der Waals surface area contributed by atoms with Gasteiger partial charge in [0.05, 0.1) is 6.54 Å². The SMILES string of the molecule is CC(c1ccncn1)C(O)(Cn1cncn1)c1cc(F)cc(F)c1. The first-order valence-corrected chi connectivity index (χ1v) is 7.26. The standard InChI is InChI=1S/C16H15F2N5O/c1-11(15-2-3-19-8-21-15)16(24,7-23-10-20-9-22-23)12-4-13(17)6-14(18)5-12/h2-6,8-11,24H,7H2,1H3. The summed E-state index contributed by atoms with van der Waals surface area (Å²) in [6, 6.07) is 4.62. The first-order valence-electron chi connectivity index (χ1n) is 7.26. The molecule has 0 saturated carbocycles. The number of hydrogen-bond acceptors (Lipinski definition) is 5. The molecule has 0 amide bonds. The van der Waals surface area contributed by atoms with Crippen molar-refractivity contribution in [3.05, 3.63) is 72.3 Å². The largest absolute Gasteiger partial charge is 0.383 e. The third-order valence-corrected chi connectivity index (χ3v) is 4.00. The van der Waals surface area contributed by atoms with Crippen molar-refractivity contribution in [1.29, 1.82) is 0 Å². The minimum absolute atomic E-state index is 0.0406. The summed E-state index contributed by atoms with van der Waals surface area (Å²) >= 11 is 0. The smallest absolute Gasteiger partial charge is 0.137 e. The van der Waals surface area contributed by atoms with E-state index < -0.39 is 23.2 Å². The van der Waals surface area contributed by atoms with Crippen LogP contribution in [-0.4, -0.2) is 29.8 Å². The summed E-state index contributed by atoms with van der Waals surface area (Å²) in [6.07, 6.45) is 5.64. The van der Waals surface area contributed by atoms with Crippen LogP contribution in [0.25, 0.3) is 0 Å². The van der Waals surface area contributed by atoms with E-state index in [4.69, 9.17) is 0 Å². The molecular formula is C16H15F2N5O. The molecule has 0 aliphatic heterocycles. The summed E-state index contributed by atoms with van der Waals surface area (Å²) in [5.41, 5.74) is -1.01. The van der Waals surface area contributed by atoms with E-state index in [9.17, 15) is 13.9 Å². The number of halogens is 2. The number of hydrogen-bond donors (Lipinski definition) is 1. The van der Waals surface area contributed by atoms with Crippen LogP contribution in [0.4, 0.5) is 8.78 Å². The van der Waals surface area contributed by atoms with Crippen LogP contribution in [0.5, 0.6) is 0 Å². The van der Waals surface area contributed by atoms with Gasteiger partial charge in [0.2, 0.25) is 0 Å². The van der Waals surface area contributed by atoms with Crippen LogP contribution in [-0.2, 0) is 12.1 Å². The first kappa shape index (κ1) is 16.1. The van der Waals surface area contributed by atoms with E-state index >= 15 is 0 Å². The molecule has 2 aromatic heterocycles. The minimum Gasteiger partial charge on any atom is -0.383 e. The minimum atomic E-state index is -1.65. The van der Waals surface area contributed by atoms with Crippen molar-refractivity contribution in [3.8, 4) is 0 Å². The fraction of sp³-hybridized carbons (Fsp3) is 0.250. The molecule has 24 heavy (non-hydrogen) atoms. The third-order valence-electron chi connectivity index (χ3n) is 4.00. The van der Waals surface area contributed by atoms with Crippen molar-refractivity contribution in [2.24, 2.45) is 0 Å². The summed E-state index contributed by atoms with van der Waals surface area (Å²) in [7, 11) is 0. The number of benzene rings is 1. The number of rotatable bonds is 5. The van der Waals surface area contributed by atoms with E-state index in [-0.39, 0.29) is 12.1 Å². The zero-order valence-corrected chi connectivity index (χ0v) is 12.8. The van der Waals surface area contributed by atoms with E-state index in [1.54, 1.807) is 19.2 Å². The van der Waals surface area contributed by atoms with Crippen LogP contribution in [0.1, 0.15) is 24.1 Å². The van der Waals surface area contributed by atoms with Crippen LogP contribution in [0, 0.1) is 11.6 Å². The molecule has 124 valence electrons.